The fraction of sp³-hybridized carbons (Fsp3) is 0.364. The minimum absolute atomic E-state index is 0.387. The van der Waals surface area contributed by atoms with Crippen LogP contribution in [-0.4, -0.2) is 18.9 Å². The van der Waals surface area contributed by atoms with Gasteiger partial charge in [-0.3, -0.25) is 4.79 Å². The van der Waals surface area contributed by atoms with Crippen LogP contribution in [0.2, 0.25) is 0 Å². The lowest BCUT2D eigenvalue weighted by molar-refractivity contribution is -0.119. The van der Waals surface area contributed by atoms with Crippen LogP contribution in [0.4, 0.5) is 5.69 Å². The maximum atomic E-state index is 11.1. The first-order valence-electron chi connectivity index (χ1n) is 4.88. The van der Waals surface area contributed by atoms with E-state index in [1.54, 1.807) is 0 Å². The van der Waals surface area contributed by atoms with Gasteiger partial charge in [-0.15, -0.1) is 0 Å². The van der Waals surface area contributed by atoms with Gasteiger partial charge in [0.2, 0.25) is 0 Å². The van der Waals surface area contributed by atoms with Crippen molar-refractivity contribution in [2.24, 2.45) is 0 Å². The van der Waals surface area contributed by atoms with Gasteiger partial charge in [-0.25, -0.2) is 0 Å². The van der Waals surface area contributed by atoms with Gasteiger partial charge >= 0.3 is 0 Å². The lowest BCUT2D eigenvalue weighted by Crippen LogP contribution is -2.33. The second-order valence-electron chi connectivity index (χ2n) is 3.62. The lowest BCUT2D eigenvalue weighted by atomic mass is 10.1. The SMILES string of the molecule is O=C1CCN(c2ccc(Br)c(I)c2)CC1. The fourth-order valence-electron chi connectivity index (χ4n) is 1.70. The third-order valence-electron chi connectivity index (χ3n) is 2.59. The van der Waals surface area contributed by atoms with E-state index >= 15 is 0 Å². The summed E-state index contributed by atoms with van der Waals surface area (Å²) in [5, 5.41) is 0. The molecule has 0 unspecified atom stereocenters. The van der Waals surface area contributed by atoms with E-state index in [9.17, 15) is 4.79 Å². The maximum Gasteiger partial charge on any atom is 0.136 e. The van der Waals surface area contributed by atoms with Gasteiger partial charge in [0.1, 0.15) is 5.78 Å². The number of hydrogen-bond donors (Lipinski definition) is 0. The Hall–Kier alpha value is -0.100. The second-order valence-corrected chi connectivity index (χ2v) is 5.64. The summed E-state index contributed by atoms with van der Waals surface area (Å²) < 4.78 is 2.34. The van der Waals surface area contributed by atoms with Gasteiger partial charge in [0.05, 0.1) is 0 Å². The zero-order valence-corrected chi connectivity index (χ0v) is 11.9. The molecule has 0 atom stereocenters. The van der Waals surface area contributed by atoms with E-state index in [1.165, 1.54) is 9.26 Å². The monoisotopic (exact) mass is 379 g/mol. The summed E-state index contributed by atoms with van der Waals surface area (Å²) in [6.07, 6.45) is 1.37. The van der Waals surface area contributed by atoms with Crippen LogP contribution in [0.25, 0.3) is 0 Å². The van der Waals surface area contributed by atoms with E-state index in [0.717, 1.165) is 17.6 Å². The van der Waals surface area contributed by atoms with Gasteiger partial charge in [-0.05, 0) is 56.7 Å². The smallest absolute Gasteiger partial charge is 0.136 e. The number of carbonyl (C=O) groups is 1. The van der Waals surface area contributed by atoms with Crippen LogP contribution in [0.5, 0.6) is 0 Å². The summed E-state index contributed by atoms with van der Waals surface area (Å²) in [4.78, 5) is 13.4. The zero-order chi connectivity index (χ0) is 10.8. The maximum absolute atomic E-state index is 11.1. The van der Waals surface area contributed by atoms with E-state index in [1.807, 2.05) is 0 Å². The van der Waals surface area contributed by atoms with E-state index in [0.29, 0.717) is 18.6 Å². The van der Waals surface area contributed by atoms with Gasteiger partial charge in [0.25, 0.3) is 0 Å². The van der Waals surface area contributed by atoms with Crippen molar-refractivity contribution in [3.63, 3.8) is 0 Å². The highest BCUT2D eigenvalue weighted by atomic mass is 127. The molecular weight excluding hydrogens is 369 g/mol. The number of Topliss-reactive ketones (excluding diaryl/α,β-unsaturated/α-hetero) is 1. The lowest BCUT2D eigenvalue weighted by Gasteiger charge is -2.28. The van der Waals surface area contributed by atoms with Crippen molar-refractivity contribution in [3.8, 4) is 0 Å². The minimum atomic E-state index is 0.387. The molecular formula is C11H11BrINO. The summed E-state index contributed by atoms with van der Waals surface area (Å²) in [7, 11) is 0. The van der Waals surface area contributed by atoms with Crippen molar-refractivity contribution in [2.45, 2.75) is 12.8 Å². The molecule has 80 valence electrons. The third-order valence-corrected chi connectivity index (χ3v) is 4.91. The third kappa shape index (κ3) is 2.72. The molecule has 1 saturated heterocycles. The molecule has 4 heteroatoms. The number of carbonyl (C=O) groups excluding carboxylic acids is 1. The Kier molecular flexibility index (Phi) is 3.66. The van der Waals surface area contributed by atoms with Crippen LogP contribution in [0.1, 0.15) is 12.8 Å². The summed E-state index contributed by atoms with van der Waals surface area (Å²) in [6.45, 7) is 1.72. The molecule has 0 saturated carbocycles. The zero-order valence-electron chi connectivity index (χ0n) is 8.17. The first-order chi connectivity index (χ1) is 7.16. The predicted molar refractivity (Wildman–Crippen MR) is 73.3 cm³/mol. The molecule has 15 heavy (non-hydrogen) atoms. The van der Waals surface area contributed by atoms with Crippen LogP contribution in [0, 0.1) is 3.57 Å². The molecule has 1 aromatic rings. The van der Waals surface area contributed by atoms with Gasteiger partial charge in [-0.2, -0.15) is 0 Å². The molecule has 2 rings (SSSR count). The van der Waals surface area contributed by atoms with Crippen LogP contribution in [-0.2, 0) is 4.79 Å². The Morgan fingerprint density at radius 1 is 1.27 bits per heavy atom. The molecule has 0 aromatic heterocycles. The van der Waals surface area contributed by atoms with Crippen LogP contribution >= 0.6 is 38.5 Å². The molecule has 1 heterocycles. The Labute approximate surface area is 111 Å². The van der Waals surface area contributed by atoms with Gasteiger partial charge in [0, 0.05) is 39.7 Å². The minimum Gasteiger partial charge on any atom is -0.371 e. The fourth-order valence-corrected chi connectivity index (χ4v) is 2.44. The molecule has 0 bridgehead atoms. The van der Waals surface area contributed by atoms with Crippen LogP contribution < -0.4 is 4.90 Å². The number of piperidine rings is 1. The molecule has 1 aliphatic heterocycles. The average Bonchev–Trinajstić information content (AvgIpc) is 2.23. The van der Waals surface area contributed by atoms with Crippen LogP contribution in [0.15, 0.2) is 22.7 Å². The van der Waals surface area contributed by atoms with Crippen molar-refractivity contribution >= 4 is 50.0 Å². The Balaban J connectivity index is 2.16. The summed E-state index contributed by atoms with van der Waals surface area (Å²) >= 11 is 5.79. The van der Waals surface area contributed by atoms with Crippen LogP contribution in [0.3, 0.4) is 0 Å². The highest BCUT2D eigenvalue weighted by molar-refractivity contribution is 14.1. The summed E-state index contributed by atoms with van der Waals surface area (Å²) in [5.41, 5.74) is 1.22. The average molecular weight is 380 g/mol. The predicted octanol–water partition coefficient (Wildman–Crippen LogP) is 3.22. The summed E-state index contributed by atoms with van der Waals surface area (Å²) in [6, 6.07) is 6.32. The second kappa shape index (κ2) is 4.82. The largest absolute Gasteiger partial charge is 0.371 e. The van der Waals surface area contributed by atoms with Gasteiger partial charge < -0.3 is 4.90 Å². The standard InChI is InChI=1S/C11H11BrINO/c12-10-2-1-8(7-11(10)13)14-5-3-9(15)4-6-14/h1-2,7H,3-6H2. The Morgan fingerprint density at radius 2 is 1.93 bits per heavy atom. The van der Waals surface area contributed by atoms with E-state index in [4.69, 9.17) is 0 Å². The molecule has 1 fully saturated rings. The highest BCUT2D eigenvalue weighted by Gasteiger charge is 2.16. The molecule has 0 N–H and O–H groups in total. The number of halogens is 2. The topological polar surface area (TPSA) is 20.3 Å². The number of ketones is 1. The van der Waals surface area contributed by atoms with E-state index in [2.05, 4.69) is 61.6 Å². The van der Waals surface area contributed by atoms with E-state index < -0.39 is 0 Å². The molecule has 2 nitrogen and oxygen atoms in total. The highest BCUT2D eigenvalue weighted by Crippen LogP contribution is 2.26. The molecule has 1 aromatic carbocycles. The number of benzene rings is 1. The molecule has 0 radical (unpaired) electrons. The summed E-state index contributed by atoms with van der Waals surface area (Å²) in [5.74, 6) is 0.387. The Bertz CT molecular complexity index is 384. The number of hydrogen-bond acceptors (Lipinski definition) is 2. The molecule has 0 aliphatic carbocycles. The first kappa shape index (κ1) is 11.4. The number of nitrogens with zero attached hydrogens (tertiary/aromatic N) is 1. The Morgan fingerprint density at radius 3 is 2.53 bits per heavy atom. The molecule has 1 aliphatic rings. The first-order valence-corrected chi connectivity index (χ1v) is 6.76. The molecule has 0 amide bonds. The molecule has 0 spiro atoms. The van der Waals surface area contributed by atoms with Crippen molar-refractivity contribution in [1.29, 1.82) is 0 Å². The van der Waals surface area contributed by atoms with E-state index in [-0.39, 0.29) is 0 Å². The van der Waals surface area contributed by atoms with Gasteiger partial charge in [0.15, 0.2) is 0 Å². The van der Waals surface area contributed by atoms with Crippen molar-refractivity contribution in [2.75, 3.05) is 18.0 Å². The normalized spacial score (nSPS) is 16.9. The van der Waals surface area contributed by atoms with Gasteiger partial charge in [-0.1, -0.05) is 0 Å². The number of anilines is 1. The van der Waals surface area contributed by atoms with Crippen molar-refractivity contribution in [3.05, 3.63) is 26.2 Å². The quantitative estimate of drug-likeness (QED) is 0.698. The number of rotatable bonds is 1. The van der Waals surface area contributed by atoms with Crippen molar-refractivity contribution in [1.82, 2.24) is 0 Å². The van der Waals surface area contributed by atoms with Crippen molar-refractivity contribution < 1.29 is 4.79 Å².